The summed E-state index contributed by atoms with van der Waals surface area (Å²) in [5.74, 6) is 0.515. The van der Waals surface area contributed by atoms with Crippen molar-refractivity contribution in [1.82, 2.24) is 4.72 Å². The number of nitrogens with one attached hydrogen (secondary N) is 1. The van der Waals surface area contributed by atoms with Crippen LogP contribution in [0.4, 0.5) is 0 Å². The van der Waals surface area contributed by atoms with E-state index < -0.39 is 10.0 Å². The lowest BCUT2D eigenvalue weighted by molar-refractivity contribution is 0.244. The predicted octanol–water partition coefficient (Wildman–Crippen LogP) is 1.62. The zero-order valence-electron chi connectivity index (χ0n) is 9.71. The smallest absolute Gasteiger partial charge is 0.244 e. The molecule has 0 bridgehead atoms. The molecule has 0 saturated carbocycles. The first-order valence-corrected chi connectivity index (χ1v) is 7.61. The summed E-state index contributed by atoms with van der Waals surface area (Å²) in [6.45, 7) is 1.49. The Morgan fingerprint density at radius 2 is 2.28 bits per heavy atom. The molecule has 0 aliphatic heterocycles. The highest BCUT2D eigenvalue weighted by Crippen LogP contribution is 2.20. The van der Waals surface area contributed by atoms with Gasteiger partial charge in [0.25, 0.3) is 0 Å². The number of hydrogen-bond acceptors (Lipinski definition) is 5. The van der Waals surface area contributed by atoms with Gasteiger partial charge in [0.2, 0.25) is 10.0 Å². The van der Waals surface area contributed by atoms with Gasteiger partial charge in [0.1, 0.15) is 23.0 Å². The normalized spacial score (nSPS) is 11.9. The fourth-order valence-corrected chi connectivity index (χ4v) is 3.47. The number of rotatable bonds is 5. The van der Waals surface area contributed by atoms with E-state index in [0.717, 1.165) is 4.88 Å². The molecule has 0 unspecified atom stereocenters. The summed E-state index contributed by atoms with van der Waals surface area (Å²) in [6, 6.07) is 5.06. The molecule has 0 amide bonds. The van der Waals surface area contributed by atoms with Crippen LogP contribution in [0.3, 0.4) is 0 Å². The highest BCUT2D eigenvalue weighted by Gasteiger charge is 2.20. The number of aliphatic hydroxyl groups is 1. The zero-order valence-corrected chi connectivity index (χ0v) is 11.3. The number of sulfonamides is 1. The molecule has 0 radical (unpaired) electrons. The van der Waals surface area contributed by atoms with Crippen molar-refractivity contribution in [3.05, 3.63) is 40.0 Å². The van der Waals surface area contributed by atoms with Gasteiger partial charge in [0.15, 0.2) is 0 Å². The Labute approximate surface area is 109 Å². The summed E-state index contributed by atoms with van der Waals surface area (Å²) in [5.41, 5.74) is 0. The average Bonchev–Trinajstić information content (AvgIpc) is 2.95. The first-order chi connectivity index (χ1) is 8.53. The van der Waals surface area contributed by atoms with Gasteiger partial charge in [-0.05, 0) is 18.4 Å². The number of furan rings is 1. The number of aliphatic hydroxyl groups excluding tert-OH is 1. The minimum absolute atomic E-state index is 0.0723. The molecule has 2 N–H and O–H groups in total. The van der Waals surface area contributed by atoms with Gasteiger partial charge in [-0.25, -0.2) is 13.1 Å². The van der Waals surface area contributed by atoms with Gasteiger partial charge in [-0.2, -0.15) is 0 Å². The number of hydrogen-bond donors (Lipinski definition) is 2. The van der Waals surface area contributed by atoms with E-state index in [-0.39, 0.29) is 29.6 Å². The summed E-state index contributed by atoms with van der Waals surface area (Å²) in [5, 5.41) is 10.8. The van der Waals surface area contributed by atoms with E-state index in [1.165, 1.54) is 17.4 Å². The molecule has 0 aliphatic rings. The van der Waals surface area contributed by atoms with Crippen molar-refractivity contribution in [3.63, 3.8) is 0 Å². The van der Waals surface area contributed by atoms with Crippen LogP contribution in [0, 0.1) is 6.92 Å². The van der Waals surface area contributed by atoms with E-state index in [1.54, 1.807) is 6.92 Å². The third-order valence-corrected chi connectivity index (χ3v) is 4.77. The summed E-state index contributed by atoms with van der Waals surface area (Å²) < 4.78 is 31.7. The van der Waals surface area contributed by atoms with Gasteiger partial charge in [0, 0.05) is 17.5 Å². The molecule has 2 aromatic rings. The van der Waals surface area contributed by atoms with Crippen LogP contribution in [0.2, 0.25) is 0 Å². The van der Waals surface area contributed by atoms with E-state index >= 15 is 0 Å². The Morgan fingerprint density at radius 1 is 1.50 bits per heavy atom. The van der Waals surface area contributed by atoms with Crippen LogP contribution in [0.15, 0.2) is 32.9 Å². The van der Waals surface area contributed by atoms with Gasteiger partial charge in [-0.1, -0.05) is 6.07 Å². The molecule has 0 fully saturated rings. The van der Waals surface area contributed by atoms with Crippen LogP contribution in [-0.4, -0.2) is 13.5 Å². The Morgan fingerprint density at radius 3 is 2.83 bits per heavy atom. The molecule has 7 heteroatoms. The SMILES string of the molecule is Cc1oc(CO)cc1S(=O)(=O)NCc1cccs1. The third kappa shape index (κ3) is 2.81. The van der Waals surface area contributed by atoms with Gasteiger partial charge in [-0.3, -0.25) is 0 Å². The minimum Gasteiger partial charge on any atom is -0.462 e. The van der Waals surface area contributed by atoms with E-state index in [9.17, 15) is 8.42 Å². The summed E-state index contributed by atoms with van der Waals surface area (Å²) >= 11 is 1.48. The Kier molecular flexibility index (Phi) is 3.86. The number of thiophene rings is 1. The molecule has 2 aromatic heterocycles. The van der Waals surface area contributed by atoms with Crippen molar-refractivity contribution in [2.75, 3.05) is 0 Å². The molecule has 0 saturated heterocycles. The molecule has 0 spiro atoms. The van der Waals surface area contributed by atoms with E-state index in [1.807, 2.05) is 17.5 Å². The fourth-order valence-electron chi connectivity index (χ4n) is 1.53. The van der Waals surface area contributed by atoms with Crippen molar-refractivity contribution in [2.45, 2.75) is 25.0 Å². The predicted molar refractivity (Wildman–Crippen MR) is 67.7 cm³/mol. The number of aryl methyl sites for hydroxylation is 1. The molecular formula is C11H13NO4S2. The zero-order chi connectivity index (χ0) is 13.2. The topological polar surface area (TPSA) is 79.5 Å². The van der Waals surface area contributed by atoms with Gasteiger partial charge in [-0.15, -0.1) is 11.3 Å². The monoisotopic (exact) mass is 287 g/mol. The summed E-state index contributed by atoms with van der Waals surface area (Å²) in [4.78, 5) is 1.00. The summed E-state index contributed by atoms with van der Waals surface area (Å²) in [7, 11) is -3.60. The van der Waals surface area contributed by atoms with Crippen LogP contribution in [0.1, 0.15) is 16.4 Å². The second-order valence-electron chi connectivity index (χ2n) is 3.70. The Balaban J connectivity index is 2.17. The molecule has 0 atom stereocenters. The third-order valence-electron chi connectivity index (χ3n) is 2.39. The lowest BCUT2D eigenvalue weighted by Crippen LogP contribution is -2.22. The van der Waals surface area contributed by atoms with Crippen molar-refractivity contribution in [3.8, 4) is 0 Å². The molecule has 0 aliphatic carbocycles. The van der Waals surface area contributed by atoms with Gasteiger partial charge in [0.05, 0.1) is 0 Å². The summed E-state index contributed by atoms with van der Waals surface area (Å²) in [6.07, 6.45) is 0. The van der Waals surface area contributed by atoms with Crippen LogP contribution >= 0.6 is 11.3 Å². The van der Waals surface area contributed by atoms with Crippen molar-refractivity contribution >= 4 is 21.4 Å². The quantitative estimate of drug-likeness (QED) is 0.876. The highest BCUT2D eigenvalue weighted by molar-refractivity contribution is 7.89. The molecular weight excluding hydrogens is 274 g/mol. The first kappa shape index (κ1) is 13.3. The fraction of sp³-hybridized carbons (Fsp3) is 0.273. The first-order valence-electron chi connectivity index (χ1n) is 5.25. The minimum atomic E-state index is -3.60. The second-order valence-corrected chi connectivity index (χ2v) is 6.46. The lowest BCUT2D eigenvalue weighted by Gasteiger charge is -2.03. The maximum Gasteiger partial charge on any atom is 0.244 e. The second kappa shape index (κ2) is 5.23. The van der Waals surface area contributed by atoms with Crippen LogP contribution < -0.4 is 4.72 Å². The van der Waals surface area contributed by atoms with Crippen molar-refractivity contribution in [1.29, 1.82) is 0 Å². The maximum atomic E-state index is 12.0. The molecule has 5 nitrogen and oxygen atoms in total. The maximum absolute atomic E-state index is 12.0. The molecule has 98 valence electrons. The van der Waals surface area contributed by atoms with Crippen molar-refractivity contribution in [2.24, 2.45) is 0 Å². The molecule has 2 rings (SSSR count). The Hall–Kier alpha value is -1.15. The largest absolute Gasteiger partial charge is 0.462 e. The van der Waals surface area contributed by atoms with Crippen LogP contribution in [0.25, 0.3) is 0 Å². The van der Waals surface area contributed by atoms with Crippen LogP contribution in [0.5, 0.6) is 0 Å². The van der Waals surface area contributed by atoms with Crippen LogP contribution in [-0.2, 0) is 23.2 Å². The van der Waals surface area contributed by atoms with E-state index in [2.05, 4.69) is 4.72 Å². The van der Waals surface area contributed by atoms with Gasteiger partial charge < -0.3 is 9.52 Å². The average molecular weight is 287 g/mol. The molecule has 2 heterocycles. The Bertz CT molecular complexity index is 614. The highest BCUT2D eigenvalue weighted by atomic mass is 32.2. The molecule has 0 aromatic carbocycles. The van der Waals surface area contributed by atoms with Gasteiger partial charge >= 0.3 is 0 Å². The standard InChI is InChI=1S/C11H13NO4S2/c1-8-11(5-9(7-13)16-8)18(14,15)12-6-10-3-2-4-17-10/h2-5,12-13H,6-7H2,1H3. The van der Waals surface area contributed by atoms with Crippen molar-refractivity contribution < 1.29 is 17.9 Å². The van der Waals surface area contributed by atoms with E-state index in [4.69, 9.17) is 9.52 Å². The molecule has 18 heavy (non-hydrogen) atoms. The van der Waals surface area contributed by atoms with E-state index in [0.29, 0.717) is 0 Å². The lowest BCUT2D eigenvalue weighted by atomic mass is 10.4.